The third-order valence-electron chi connectivity index (χ3n) is 3.47. The number of amides is 1. The smallest absolute Gasteiger partial charge is 0.242 e. The minimum atomic E-state index is -0.725. The van der Waals surface area contributed by atoms with Crippen LogP contribution in [0.2, 0.25) is 5.02 Å². The zero-order valence-corrected chi connectivity index (χ0v) is 12.4. The molecule has 2 N–H and O–H groups in total. The number of carbonyl (C=O) groups is 1. The topological polar surface area (TPSA) is 44.4 Å². The first kappa shape index (κ1) is 15.2. The van der Waals surface area contributed by atoms with Gasteiger partial charge in [0.1, 0.15) is 11.9 Å². The van der Waals surface area contributed by atoms with Crippen LogP contribution in [0.4, 0.5) is 4.39 Å². The molecule has 0 radical (unpaired) electrons. The van der Waals surface area contributed by atoms with Crippen LogP contribution in [0.15, 0.2) is 18.2 Å². The van der Waals surface area contributed by atoms with Gasteiger partial charge in [-0.25, -0.2) is 4.39 Å². The van der Waals surface area contributed by atoms with E-state index in [-0.39, 0.29) is 16.5 Å². The van der Waals surface area contributed by atoms with E-state index in [0.717, 1.165) is 13.1 Å². The highest BCUT2D eigenvalue weighted by molar-refractivity contribution is 6.31. The van der Waals surface area contributed by atoms with Crippen LogP contribution in [-0.2, 0) is 4.79 Å². The predicted octanol–water partition coefficient (Wildman–Crippen LogP) is 1.42. The number of benzene rings is 1. The molecule has 0 spiro atoms. The van der Waals surface area contributed by atoms with Crippen molar-refractivity contribution >= 4 is 17.5 Å². The van der Waals surface area contributed by atoms with Gasteiger partial charge in [-0.2, -0.15) is 0 Å². The molecule has 4 nitrogen and oxygen atoms in total. The van der Waals surface area contributed by atoms with E-state index < -0.39 is 11.9 Å². The Bertz CT molecular complexity index is 471. The number of nitrogens with zero attached hydrogens (tertiary/aromatic N) is 1. The van der Waals surface area contributed by atoms with Crippen molar-refractivity contribution in [3.05, 3.63) is 34.6 Å². The second-order valence-corrected chi connectivity index (χ2v) is 5.68. The molecule has 20 heavy (non-hydrogen) atoms. The maximum Gasteiger partial charge on any atom is 0.242 e. The van der Waals surface area contributed by atoms with Crippen molar-refractivity contribution in [2.24, 2.45) is 5.92 Å². The molecule has 1 heterocycles. The first-order chi connectivity index (χ1) is 9.50. The lowest BCUT2D eigenvalue weighted by Crippen LogP contribution is -2.49. The summed E-state index contributed by atoms with van der Waals surface area (Å²) in [6, 6.07) is 3.73. The van der Waals surface area contributed by atoms with Crippen LogP contribution in [0.5, 0.6) is 0 Å². The molecular weight excluding hydrogens is 281 g/mol. The summed E-state index contributed by atoms with van der Waals surface area (Å²) in [4.78, 5) is 14.0. The van der Waals surface area contributed by atoms with Gasteiger partial charge < -0.3 is 10.6 Å². The van der Waals surface area contributed by atoms with Crippen LogP contribution in [0, 0.1) is 11.7 Å². The molecule has 2 rings (SSSR count). The summed E-state index contributed by atoms with van der Waals surface area (Å²) in [5, 5.41) is 6.28. The highest BCUT2D eigenvalue weighted by atomic mass is 35.5. The number of hydrogen-bond acceptors (Lipinski definition) is 3. The summed E-state index contributed by atoms with van der Waals surface area (Å²) >= 11 is 6.06. The van der Waals surface area contributed by atoms with E-state index in [4.69, 9.17) is 11.6 Å². The van der Waals surface area contributed by atoms with Crippen molar-refractivity contribution in [2.75, 3.05) is 33.7 Å². The predicted molar refractivity (Wildman–Crippen MR) is 77.2 cm³/mol. The van der Waals surface area contributed by atoms with Gasteiger partial charge in [-0.3, -0.25) is 9.69 Å². The van der Waals surface area contributed by atoms with E-state index in [1.807, 2.05) is 0 Å². The molecule has 1 aliphatic heterocycles. The Morgan fingerprint density at radius 3 is 2.75 bits per heavy atom. The second kappa shape index (κ2) is 6.52. The number of carbonyl (C=O) groups excluding carboxylic acids is 1. The van der Waals surface area contributed by atoms with Crippen molar-refractivity contribution in [1.29, 1.82) is 0 Å². The number of likely N-dealkylation sites (N-methyl/N-ethyl adjacent to an activating group) is 1. The van der Waals surface area contributed by atoms with Gasteiger partial charge in [0.15, 0.2) is 0 Å². The van der Waals surface area contributed by atoms with Gasteiger partial charge in [0.25, 0.3) is 0 Å². The number of rotatable bonds is 5. The minimum Gasteiger partial charge on any atom is -0.354 e. The van der Waals surface area contributed by atoms with Gasteiger partial charge in [-0.15, -0.1) is 0 Å². The molecule has 110 valence electrons. The number of nitrogens with one attached hydrogen (secondary N) is 2. The van der Waals surface area contributed by atoms with Gasteiger partial charge in [-0.05, 0) is 26.2 Å². The van der Waals surface area contributed by atoms with Crippen LogP contribution in [0.3, 0.4) is 0 Å². The molecule has 6 heteroatoms. The Morgan fingerprint density at radius 1 is 1.55 bits per heavy atom. The van der Waals surface area contributed by atoms with E-state index in [2.05, 4.69) is 10.6 Å². The van der Waals surface area contributed by atoms with Gasteiger partial charge in [0.05, 0.1) is 0 Å². The Balaban J connectivity index is 2.15. The third-order valence-corrected chi connectivity index (χ3v) is 3.80. The average Bonchev–Trinajstić information content (AvgIpc) is 2.31. The fraction of sp³-hybridized carbons (Fsp3) is 0.500. The molecule has 1 amide bonds. The monoisotopic (exact) mass is 299 g/mol. The maximum atomic E-state index is 14.0. The quantitative estimate of drug-likeness (QED) is 0.864. The van der Waals surface area contributed by atoms with Crippen molar-refractivity contribution in [2.45, 2.75) is 6.04 Å². The van der Waals surface area contributed by atoms with Crippen LogP contribution in [0.1, 0.15) is 11.6 Å². The minimum absolute atomic E-state index is 0.225. The fourth-order valence-corrected chi connectivity index (χ4v) is 2.50. The SMILES string of the molecule is CN(C)C(C(=O)NCC1CNC1)c1c(F)cccc1Cl. The van der Waals surface area contributed by atoms with E-state index in [1.165, 1.54) is 12.1 Å². The second-order valence-electron chi connectivity index (χ2n) is 5.27. The standard InChI is InChI=1S/C14H19ClFN3O/c1-19(2)13(12-10(15)4-3-5-11(12)16)14(20)18-8-9-6-17-7-9/h3-5,9,13,17H,6-8H2,1-2H3,(H,18,20). The largest absolute Gasteiger partial charge is 0.354 e. The van der Waals surface area contributed by atoms with Crippen LogP contribution in [0.25, 0.3) is 0 Å². The Labute approximate surface area is 123 Å². The van der Waals surface area contributed by atoms with Crippen LogP contribution >= 0.6 is 11.6 Å². The normalized spacial score (nSPS) is 16.9. The molecule has 1 aromatic carbocycles. The molecule has 1 atom stereocenters. The van der Waals surface area contributed by atoms with Gasteiger partial charge >= 0.3 is 0 Å². The zero-order valence-electron chi connectivity index (χ0n) is 11.6. The summed E-state index contributed by atoms with van der Waals surface area (Å²) in [6.45, 7) is 2.42. The van der Waals surface area contributed by atoms with Crippen molar-refractivity contribution < 1.29 is 9.18 Å². The molecule has 0 aliphatic carbocycles. The lowest BCUT2D eigenvalue weighted by molar-refractivity contribution is -0.126. The lowest BCUT2D eigenvalue weighted by atomic mass is 10.0. The average molecular weight is 300 g/mol. The first-order valence-corrected chi connectivity index (χ1v) is 6.97. The molecule has 1 aliphatic rings. The van der Waals surface area contributed by atoms with Crippen LogP contribution in [-0.4, -0.2) is 44.5 Å². The third kappa shape index (κ3) is 3.29. The molecule has 0 saturated carbocycles. The van der Waals surface area contributed by atoms with E-state index >= 15 is 0 Å². The highest BCUT2D eigenvalue weighted by Gasteiger charge is 2.29. The molecule has 0 bridgehead atoms. The fourth-order valence-electron chi connectivity index (χ4n) is 2.23. The van der Waals surface area contributed by atoms with Crippen molar-refractivity contribution in [1.82, 2.24) is 15.5 Å². The Kier molecular flexibility index (Phi) is 4.96. The molecular formula is C14H19ClFN3O. The molecule has 1 fully saturated rings. The van der Waals surface area contributed by atoms with Crippen molar-refractivity contribution in [3.63, 3.8) is 0 Å². The van der Waals surface area contributed by atoms with Gasteiger partial charge in [0, 0.05) is 36.1 Å². The summed E-state index contributed by atoms with van der Waals surface area (Å²) < 4.78 is 14.0. The van der Waals surface area contributed by atoms with E-state index in [0.29, 0.717) is 12.5 Å². The lowest BCUT2D eigenvalue weighted by Gasteiger charge is -2.29. The Morgan fingerprint density at radius 2 is 2.25 bits per heavy atom. The summed E-state index contributed by atoms with van der Waals surface area (Å²) in [5.41, 5.74) is 0.225. The molecule has 0 aromatic heterocycles. The maximum absolute atomic E-state index is 14.0. The summed E-state index contributed by atoms with van der Waals surface area (Å²) in [5.74, 6) is -0.233. The summed E-state index contributed by atoms with van der Waals surface area (Å²) in [7, 11) is 3.47. The van der Waals surface area contributed by atoms with Crippen molar-refractivity contribution in [3.8, 4) is 0 Å². The molecule has 1 aromatic rings. The zero-order chi connectivity index (χ0) is 14.7. The van der Waals surface area contributed by atoms with E-state index in [9.17, 15) is 9.18 Å². The molecule has 1 unspecified atom stereocenters. The van der Waals surface area contributed by atoms with Gasteiger partial charge in [0.2, 0.25) is 5.91 Å². The van der Waals surface area contributed by atoms with Crippen LogP contribution < -0.4 is 10.6 Å². The van der Waals surface area contributed by atoms with E-state index in [1.54, 1.807) is 25.1 Å². The highest BCUT2D eigenvalue weighted by Crippen LogP contribution is 2.29. The Hall–Kier alpha value is -1.17. The summed E-state index contributed by atoms with van der Waals surface area (Å²) in [6.07, 6.45) is 0. The number of hydrogen-bond donors (Lipinski definition) is 2. The molecule has 1 saturated heterocycles. The number of halogens is 2. The van der Waals surface area contributed by atoms with Gasteiger partial charge in [-0.1, -0.05) is 17.7 Å². The first-order valence-electron chi connectivity index (χ1n) is 6.59.